The molecular weight excluding hydrogens is 136 g/mol. The van der Waals surface area contributed by atoms with E-state index in [-0.39, 0.29) is 0 Å². The van der Waals surface area contributed by atoms with Crippen LogP contribution in [0.15, 0.2) is 24.9 Å². The molecule has 0 spiro atoms. The van der Waals surface area contributed by atoms with Gasteiger partial charge in [0, 0.05) is 26.2 Å². The van der Waals surface area contributed by atoms with Gasteiger partial charge in [0.1, 0.15) is 0 Å². The average molecular weight is 152 g/mol. The van der Waals surface area contributed by atoms with Crippen LogP contribution < -0.4 is 5.32 Å². The summed E-state index contributed by atoms with van der Waals surface area (Å²) in [5.41, 5.74) is 0. The SMILES string of the molecule is C=CC/C=C/N1CCNCC1. The highest BCUT2D eigenvalue weighted by Gasteiger charge is 2.02. The molecule has 0 aromatic heterocycles. The molecule has 0 unspecified atom stereocenters. The number of allylic oxidation sites excluding steroid dienone is 2. The van der Waals surface area contributed by atoms with Crippen molar-refractivity contribution in [1.29, 1.82) is 0 Å². The van der Waals surface area contributed by atoms with Crippen LogP contribution in [0.2, 0.25) is 0 Å². The Balaban J connectivity index is 2.18. The highest BCUT2D eigenvalue weighted by atomic mass is 15.2. The molecule has 1 saturated heterocycles. The summed E-state index contributed by atoms with van der Waals surface area (Å²) in [6, 6.07) is 0. The molecule has 1 rings (SSSR count). The number of hydrogen-bond acceptors (Lipinski definition) is 2. The third kappa shape index (κ3) is 3.23. The lowest BCUT2D eigenvalue weighted by molar-refractivity contribution is 0.323. The van der Waals surface area contributed by atoms with Crippen LogP contribution in [0.4, 0.5) is 0 Å². The molecule has 62 valence electrons. The molecule has 2 heteroatoms. The first-order chi connectivity index (χ1) is 5.43. The zero-order valence-electron chi connectivity index (χ0n) is 6.92. The molecule has 0 saturated carbocycles. The van der Waals surface area contributed by atoms with E-state index in [1.165, 1.54) is 0 Å². The van der Waals surface area contributed by atoms with E-state index in [1.54, 1.807) is 0 Å². The van der Waals surface area contributed by atoms with Gasteiger partial charge < -0.3 is 10.2 Å². The maximum Gasteiger partial charge on any atom is 0.0298 e. The van der Waals surface area contributed by atoms with Crippen molar-refractivity contribution in [2.75, 3.05) is 26.2 Å². The third-order valence-electron chi connectivity index (χ3n) is 1.77. The van der Waals surface area contributed by atoms with Crippen LogP contribution >= 0.6 is 0 Å². The van der Waals surface area contributed by atoms with E-state index in [0.29, 0.717) is 0 Å². The van der Waals surface area contributed by atoms with Gasteiger partial charge in [0.15, 0.2) is 0 Å². The molecule has 0 aromatic rings. The Kier molecular flexibility index (Phi) is 3.76. The maximum absolute atomic E-state index is 3.66. The topological polar surface area (TPSA) is 15.3 Å². The van der Waals surface area contributed by atoms with Gasteiger partial charge in [-0.05, 0) is 12.6 Å². The minimum absolute atomic E-state index is 0.976. The Morgan fingerprint density at radius 3 is 2.73 bits per heavy atom. The summed E-state index contributed by atoms with van der Waals surface area (Å²) in [5, 5.41) is 3.31. The first kappa shape index (κ1) is 8.34. The standard InChI is InChI=1S/C9H16N2/c1-2-3-4-7-11-8-5-10-6-9-11/h2,4,7,10H,1,3,5-6,8-9H2/b7-4+. The van der Waals surface area contributed by atoms with Gasteiger partial charge in [-0.15, -0.1) is 6.58 Å². The summed E-state index contributed by atoms with van der Waals surface area (Å²) in [6.45, 7) is 8.15. The summed E-state index contributed by atoms with van der Waals surface area (Å²) < 4.78 is 0. The van der Waals surface area contributed by atoms with Gasteiger partial charge in [-0.2, -0.15) is 0 Å². The maximum atomic E-state index is 3.66. The largest absolute Gasteiger partial charge is 0.375 e. The summed E-state index contributed by atoms with van der Waals surface area (Å²) in [4.78, 5) is 2.33. The molecule has 0 amide bonds. The summed E-state index contributed by atoms with van der Waals surface area (Å²) in [5.74, 6) is 0. The zero-order valence-corrected chi connectivity index (χ0v) is 6.92. The van der Waals surface area contributed by atoms with Gasteiger partial charge in [0.05, 0.1) is 0 Å². The fraction of sp³-hybridized carbons (Fsp3) is 0.556. The van der Waals surface area contributed by atoms with Gasteiger partial charge in [-0.3, -0.25) is 0 Å². The second-order valence-corrected chi connectivity index (χ2v) is 2.70. The van der Waals surface area contributed by atoms with Crippen LogP contribution in [0, 0.1) is 0 Å². The van der Waals surface area contributed by atoms with Crippen LogP contribution in [-0.4, -0.2) is 31.1 Å². The quantitative estimate of drug-likeness (QED) is 0.606. The van der Waals surface area contributed by atoms with Crippen molar-refractivity contribution < 1.29 is 0 Å². The van der Waals surface area contributed by atoms with Crippen molar-refractivity contribution in [2.24, 2.45) is 0 Å². The molecule has 1 heterocycles. The second kappa shape index (κ2) is 4.97. The van der Waals surface area contributed by atoms with E-state index in [1.807, 2.05) is 6.08 Å². The fourth-order valence-electron chi connectivity index (χ4n) is 1.14. The smallest absolute Gasteiger partial charge is 0.0298 e. The molecule has 1 aliphatic rings. The lowest BCUT2D eigenvalue weighted by atomic mass is 10.3. The Morgan fingerprint density at radius 1 is 1.36 bits per heavy atom. The van der Waals surface area contributed by atoms with Gasteiger partial charge in [-0.25, -0.2) is 0 Å². The van der Waals surface area contributed by atoms with Crippen molar-refractivity contribution >= 4 is 0 Å². The predicted octanol–water partition coefficient (Wildman–Crippen LogP) is 0.981. The van der Waals surface area contributed by atoms with Crippen molar-refractivity contribution in [3.8, 4) is 0 Å². The Bertz CT molecular complexity index is 134. The van der Waals surface area contributed by atoms with Gasteiger partial charge in [0.2, 0.25) is 0 Å². The molecule has 1 aliphatic heterocycles. The third-order valence-corrected chi connectivity index (χ3v) is 1.77. The van der Waals surface area contributed by atoms with E-state index in [2.05, 4.69) is 29.1 Å². The highest BCUT2D eigenvalue weighted by molar-refractivity contribution is 4.89. The molecule has 0 radical (unpaired) electrons. The van der Waals surface area contributed by atoms with E-state index >= 15 is 0 Å². The van der Waals surface area contributed by atoms with Gasteiger partial charge in [-0.1, -0.05) is 12.2 Å². The average Bonchev–Trinajstić information content (AvgIpc) is 2.07. The Labute approximate surface area is 68.6 Å². The zero-order chi connectivity index (χ0) is 7.94. The van der Waals surface area contributed by atoms with E-state index in [4.69, 9.17) is 0 Å². The van der Waals surface area contributed by atoms with Crippen LogP contribution in [0.25, 0.3) is 0 Å². The van der Waals surface area contributed by atoms with E-state index in [0.717, 1.165) is 32.6 Å². The van der Waals surface area contributed by atoms with Crippen LogP contribution in [-0.2, 0) is 0 Å². The first-order valence-electron chi connectivity index (χ1n) is 4.16. The fourth-order valence-corrected chi connectivity index (χ4v) is 1.14. The van der Waals surface area contributed by atoms with Crippen molar-refractivity contribution in [2.45, 2.75) is 6.42 Å². The predicted molar refractivity (Wildman–Crippen MR) is 48.4 cm³/mol. The molecule has 1 N–H and O–H groups in total. The molecule has 1 fully saturated rings. The van der Waals surface area contributed by atoms with Crippen molar-refractivity contribution in [1.82, 2.24) is 10.2 Å². The molecule has 2 nitrogen and oxygen atoms in total. The summed E-state index contributed by atoms with van der Waals surface area (Å²) in [6.07, 6.45) is 7.21. The molecule has 0 bridgehead atoms. The minimum Gasteiger partial charge on any atom is -0.375 e. The lowest BCUT2D eigenvalue weighted by Gasteiger charge is -2.25. The van der Waals surface area contributed by atoms with Crippen LogP contribution in [0.3, 0.4) is 0 Å². The second-order valence-electron chi connectivity index (χ2n) is 2.70. The number of nitrogens with zero attached hydrogens (tertiary/aromatic N) is 1. The minimum atomic E-state index is 0.976. The first-order valence-corrected chi connectivity index (χ1v) is 4.16. The number of piperazine rings is 1. The molecule has 11 heavy (non-hydrogen) atoms. The van der Waals surface area contributed by atoms with Crippen LogP contribution in [0.5, 0.6) is 0 Å². The Hall–Kier alpha value is -0.760. The number of rotatable bonds is 3. The normalized spacial score (nSPS) is 19.1. The monoisotopic (exact) mass is 152 g/mol. The summed E-state index contributed by atoms with van der Waals surface area (Å²) >= 11 is 0. The lowest BCUT2D eigenvalue weighted by Crippen LogP contribution is -2.40. The number of nitrogens with one attached hydrogen (secondary N) is 1. The molecule has 0 aliphatic carbocycles. The van der Waals surface area contributed by atoms with Gasteiger partial charge >= 0.3 is 0 Å². The highest BCUT2D eigenvalue weighted by Crippen LogP contribution is 1.94. The van der Waals surface area contributed by atoms with E-state index in [9.17, 15) is 0 Å². The molecule has 0 aromatic carbocycles. The number of hydrogen-bond donors (Lipinski definition) is 1. The molecule has 0 atom stereocenters. The van der Waals surface area contributed by atoms with Gasteiger partial charge in [0.25, 0.3) is 0 Å². The Morgan fingerprint density at radius 2 is 2.09 bits per heavy atom. The molecular formula is C9H16N2. The van der Waals surface area contributed by atoms with Crippen LogP contribution in [0.1, 0.15) is 6.42 Å². The summed E-state index contributed by atoms with van der Waals surface area (Å²) in [7, 11) is 0. The van der Waals surface area contributed by atoms with Crippen molar-refractivity contribution in [3.05, 3.63) is 24.9 Å². The van der Waals surface area contributed by atoms with Crippen molar-refractivity contribution in [3.63, 3.8) is 0 Å². The van der Waals surface area contributed by atoms with E-state index < -0.39 is 0 Å².